The standard InChI is InChI=1S/C22H34N6O3S/c1-2-12-27-20-10-9-18(17-19(20)24-25-27)32(30,31)28-15-7-8-21(28)22(29)23-11-16-26-13-5-3-4-6-14-26/h9-10,17,21H,2-8,11-16H2,1H3,(H,23,29)/t21-/m0/s1. The van der Waals surface area contributed by atoms with Gasteiger partial charge in [0.25, 0.3) is 0 Å². The summed E-state index contributed by atoms with van der Waals surface area (Å²) in [6.07, 6.45) is 7.11. The molecule has 2 aliphatic heterocycles. The summed E-state index contributed by atoms with van der Waals surface area (Å²) in [5.74, 6) is -0.198. The van der Waals surface area contributed by atoms with Gasteiger partial charge in [-0.2, -0.15) is 4.31 Å². The van der Waals surface area contributed by atoms with Crippen molar-refractivity contribution in [1.29, 1.82) is 0 Å². The molecule has 4 rings (SSSR count). The number of hydrogen-bond donors (Lipinski definition) is 1. The van der Waals surface area contributed by atoms with Crippen LogP contribution in [0.15, 0.2) is 23.1 Å². The van der Waals surface area contributed by atoms with Crippen molar-refractivity contribution in [2.75, 3.05) is 32.7 Å². The van der Waals surface area contributed by atoms with Crippen molar-refractivity contribution >= 4 is 27.0 Å². The molecule has 1 aromatic carbocycles. The molecule has 2 aromatic rings. The van der Waals surface area contributed by atoms with Crippen molar-refractivity contribution in [2.45, 2.75) is 69.4 Å². The normalized spacial score (nSPS) is 21.1. The van der Waals surface area contributed by atoms with Gasteiger partial charge in [-0.1, -0.05) is 25.0 Å². The van der Waals surface area contributed by atoms with Crippen LogP contribution in [0.4, 0.5) is 0 Å². The van der Waals surface area contributed by atoms with E-state index in [1.165, 1.54) is 30.0 Å². The molecule has 0 saturated carbocycles. The highest BCUT2D eigenvalue weighted by Gasteiger charge is 2.39. The van der Waals surface area contributed by atoms with Gasteiger partial charge in [0.05, 0.1) is 10.4 Å². The van der Waals surface area contributed by atoms with E-state index in [9.17, 15) is 13.2 Å². The van der Waals surface area contributed by atoms with Crippen molar-refractivity contribution < 1.29 is 13.2 Å². The van der Waals surface area contributed by atoms with Crippen molar-refractivity contribution in [3.8, 4) is 0 Å². The van der Waals surface area contributed by atoms with E-state index in [0.717, 1.165) is 38.1 Å². The van der Waals surface area contributed by atoms with Crippen LogP contribution in [0.1, 0.15) is 51.9 Å². The van der Waals surface area contributed by atoms with Gasteiger partial charge in [0.1, 0.15) is 11.6 Å². The number of rotatable bonds is 8. The molecular weight excluding hydrogens is 428 g/mol. The molecule has 0 radical (unpaired) electrons. The Labute approximate surface area is 190 Å². The monoisotopic (exact) mass is 462 g/mol. The summed E-state index contributed by atoms with van der Waals surface area (Å²) in [7, 11) is -3.79. The van der Waals surface area contributed by atoms with Gasteiger partial charge >= 0.3 is 0 Å². The minimum atomic E-state index is -3.79. The quantitative estimate of drug-likeness (QED) is 0.644. The minimum Gasteiger partial charge on any atom is -0.353 e. The number of nitrogens with one attached hydrogen (secondary N) is 1. The van der Waals surface area contributed by atoms with Gasteiger partial charge in [0, 0.05) is 26.2 Å². The number of aryl methyl sites for hydroxylation is 1. The van der Waals surface area contributed by atoms with Gasteiger partial charge in [-0.25, -0.2) is 13.1 Å². The first-order valence-corrected chi connectivity index (χ1v) is 13.3. The van der Waals surface area contributed by atoms with Crippen LogP contribution in [0, 0.1) is 0 Å². The molecule has 3 heterocycles. The number of carbonyl (C=O) groups excluding carboxylic acids is 1. The van der Waals surface area contributed by atoms with E-state index >= 15 is 0 Å². The van der Waals surface area contributed by atoms with Crippen LogP contribution in [0.25, 0.3) is 11.0 Å². The molecule has 176 valence electrons. The smallest absolute Gasteiger partial charge is 0.243 e. The van der Waals surface area contributed by atoms with Crippen molar-refractivity contribution in [1.82, 2.24) is 29.5 Å². The van der Waals surface area contributed by atoms with Crippen LogP contribution < -0.4 is 5.32 Å². The molecule has 1 amide bonds. The fraction of sp³-hybridized carbons (Fsp3) is 0.682. The number of benzene rings is 1. The predicted molar refractivity (Wildman–Crippen MR) is 123 cm³/mol. The topological polar surface area (TPSA) is 100 Å². The van der Waals surface area contributed by atoms with Gasteiger partial charge in [0.2, 0.25) is 15.9 Å². The minimum absolute atomic E-state index is 0.165. The third kappa shape index (κ3) is 4.97. The second-order valence-electron chi connectivity index (χ2n) is 8.78. The maximum absolute atomic E-state index is 13.4. The molecule has 0 bridgehead atoms. The lowest BCUT2D eigenvalue weighted by molar-refractivity contribution is -0.124. The maximum atomic E-state index is 13.4. The molecule has 32 heavy (non-hydrogen) atoms. The predicted octanol–water partition coefficient (Wildman–Crippen LogP) is 1.99. The van der Waals surface area contributed by atoms with Gasteiger partial charge in [-0.15, -0.1) is 5.10 Å². The summed E-state index contributed by atoms with van der Waals surface area (Å²) in [5.41, 5.74) is 1.37. The first kappa shape index (κ1) is 23.1. The largest absolute Gasteiger partial charge is 0.353 e. The van der Waals surface area contributed by atoms with E-state index < -0.39 is 16.1 Å². The van der Waals surface area contributed by atoms with Gasteiger partial charge < -0.3 is 10.2 Å². The third-order valence-electron chi connectivity index (χ3n) is 6.46. The Bertz CT molecular complexity index is 1030. The van der Waals surface area contributed by atoms with E-state index in [4.69, 9.17) is 0 Å². The fourth-order valence-corrected chi connectivity index (χ4v) is 6.41. The summed E-state index contributed by atoms with van der Waals surface area (Å²) < 4.78 is 29.9. The van der Waals surface area contributed by atoms with Crippen LogP contribution >= 0.6 is 0 Å². The summed E-state index contributed by atoms with van der Waals surface area (Å²) in [6.45, 7) is 6.65. The number of likely N-dealkylation sites (tertiary alicyclic amines) is 1. The molecule has 1 atom stereocenters. The van der Waals surface area contributed by atoms with Crippen molar-refractivity contribution in [2.24, 2.45) is 0 Å². The van der Waals surface area contributed by atoms with E-state index in [1.54, 1.807) is 22.9 Å². The summed E-state index contributed by atoms with van der Waals surface area (Å²) in [6, 6.07) is 4.26. The number of amides is 1. The Morgan fingerprint density at radius 2 is 1.88 bits per heavy atom. The van der Waals surface area contributed by atoms with Gasteiger partial charge in [-0.05, 0) is 63.4 Å². The van der Waals surface area contributed by atoms with Crippen LogP contribution in [-0.4, -0.2) is 77.3 Å². The van der Waals surface area contributed by atoms with E-state index in [2.05, 4.69) is 27.5 Å². The highest BCUT2D eigenvalue weighted by atomic mass is 32.2. The maximum Gasteiger partial charge on any atom is 0.243 e. The van der Waals surface area contributed by atoms with Crippen molar-refractivity contribution in [3.05, 3.63) is 18.2 Å². The third-order valence-corrected chi connectivity index (χ3v) is 8.36. The number of sulfonamides is 1. The number of aromatic nitrogens is 3. The average Bonchev–Trinajstić information content (AvgIpc) is 3.36. The zero-order chi connectivity index (χ0) is 22.6. The molecule has 0 spiro atoms. The lowest BCUT2D eigenvalue weighted by atomic mass is 10.2. The molecule has 1 aromatic heterocycles. The molecule has 1 N–H and O–H groups in total. The number of fused-ring (bicyclic) bond motifs is 1. The molecule has 10 heteroatoms. The Hall–Kier alpha value is -2.04. The number of hydrogen-bond acceptors (Lipinski definition) is 6. The molecule has 9 nitrogen and oxygen atoms in total. The summed E-state index contributed by atoms with van der Waals surface area (Å²) in [4.78, 5) is 15.4. The molecular formula is C22H34N6O3S. The molecule has 2 saturated heterocycles. The van der Waals surface area contributed by atoms with Crippen LogP contribution in [-0.2, 0) is 21.4 Å². The number of carbonyl (C=O) groups is 1. The molecule has 0 unspecified atom stereocenters. The van der Waals surface area contributed by atoms with E-state index in [0.29, 0.717) is 31.4 Å². The Kier molecular flexibility index (Phi) is 7.42. The Morgan fingerprint density at radius 3 is 2.62 bits per heavy atom. The van der Waals surface area contributed by atoms with E-state index in [1.807, 2.05) is 0 Å². The van der Waals surface area contributed by atoms with Crippen LogP contribution in [0.5, 0.6) is 0 Å². The molecule has 2 aliphatic rings. The lowest BCUT2D eigenvalue weighted by Crippen LogP contribution is -2.47. The summed E-state index contributed by atoms with van der Waals surface area (Å²) >= 11 is 0. The van der Waals surface area contributed by atoms with E-state index in [-0.39, 0.29) is 10.8 Å². The Morgan fingerprint density at radius 1 is 1.09 bits per heavy atom. The van der Waals surface area contributed by atoms with Crippen LogP contribution in [0.2, 0.25) is 0 Å². The SMILES string of the molecule is CCCn1nnc2cc(S(=O)(=O)N3CCC[C@H]3C(=O)NCCN3CCCCCC3)ccc21. The Balaban J connectivity index is 1.42. The first-order chi connectivity index (χ1) is 15.5. The first-order valence-electron chi connectivity index (χ1n) is 11.9. The number of nitrogens with zero attached hydrogens (tertiary/aromatic N) is 5. The van der Waals surface area contributed by atoms with Crippen LogP contribution in [0.3, 0.4) is 0 Å². The van der Waals surface area contributed by atoms with Crippen molar-refractivity contribution in [3.63, 3.8) is 0 Å². The van der Waals surface area contributed by atoms with Gasteiger partial charge in [0.15, 0.2) is 0 Å². The van der Waals surface area contributed by atoms with Gasteiger partial charge in [-0.3, -0.25) is 4.79 Å². The molecule has 2 fully saturated rings. The second-order valence-corrected chi connectivity index (χ2v) is 10.7. The highest BCUT2D eigenvalue weighted by Crippen LogP contribution is 2.28. The molecule has 0 aliphatic carbocycles. The highest BCUT2D eigenvalue weighted by molar-refractivity contribution is 7.89. The zero-order valence-electron chi connectivity index (χ0n) is 18.9. The lowest BCUT2D eigenvalue weighted by Gasteiger charge is -2.24. The fourth-order valence-electron chi connectivity index (χ4n) is 4.73. The second kappa shape index (κ2) is 10.3. The zero-order valence-corrected chi connectivity index (χ0v) is 19.7. The summed E-state index contributed by atoms with van der Waals surface area (Å²) in [5, 5.41) is 11.2. The average molecular weight is 463 g/mol.